The van der Waals surface area contributed by atoms with Gasteiger partial charge in [-0.2, -0.15) is 0 Å². The van der Waals surface area contributed by atoms with Gasteiger partial charge in [0.25, 0.3) is 0 Å². The molecule has 0 amide bonds. The van der Waals surface area contributed by atoms with Gasteiger partial charge < -0.3 is 59.8 Å². The Balaban J connectivity index is 0.705. The number of benzene rings is 2. The maximum absolute atomic E-state index is 5.64. The summed E-state index contributed by atoms with van der Waals surface area (Å²) in [6, 6.07) is 70.6. The quantitative estimate of drug-likeness (QED) is 0.0490. The molecule has 0 spiro atoms. The van der Waals surface area contributed by atoms with Crippen LogP contribution in [-0.4, -0.2) is 71.2 Å². The van der Waals surface area contributed by atoms with Crippen LogP contribution in [0.15, 0.2) is 229 Å². The van der Waals surface area contributed by atoms with Crippen LogP contribution in [0.5, 0.6) is 0 Å². The Hall–Kier alpha value is -10.9. The molecule has 2 atom stereocenters. The maximum Gasteiger partial charge on any atom is 0.109 e. The van der Waals surface area contributed by atoms with E-state index in [1.807, 2.05) is 36.7 Å². The van der Waals surface area contributed by atoms with E-state index >= 15 is 0 Å². The zero-order valence-corrected chi connectivity index (χ0v) is 41.8. The highest BCUT2D eigenvalue weighted by Crippen LogP contribution is 2.41. The van der Waals surface area contributed by atoms with E-state index < -0.39 is 0 Å². The van der Waals surface area contributed by atoms with Crippen molar-refractivity contribution >= 4 is 11.4 Å². The number of aliphatic imine (C=N–C) groups is 2. The van der Waals surface area contributed by atoms with Gasteiger partial charge in [-0.3, -0.25) is 9.98 Å². The van der Waals surface area contributed by atoms with Crippen LogP contribution in [0.2, 0.25) is 0 Å². The molecule has 78 heavy (non-hydrogen) atoms. The van der Waals surface area contributed by atoms with E-state index in [9.17, 15) is 0 Å². The third-order valence-electron chi connectivity index (χ3n) is 14.8. The fourth-order valence-electron chi connectivity index (χ4n) is 10.8. The van der Waals surface area contributed by atoms with Crippen LogP contribution in [-0.2, 0) is 0 Å². The summed E-state index contributed by atoms with van der Waals surface area (Å²) in [5.41, 5.74) is 25.4. The molecule has 1 aliphatic heterocycles. The lowest BCUT2D eigenvalue weighted by atomic mass is 9.91. The van der Waals surface area contributed by atoms with Gasteiger partial charge >= 0.3 is 0 Å². The normalized spacial score (nSPS) is 14.6. The Morgan fingerprint density at radius 2 is 0.397 bits per heavy atom. The van der Waals surface area contributed by atoms with E-state index in [0.29, 0.717) is 0 Å². The van der Waals surface area contributed by atoms with Crippen molar-refractivity contribution in [2.45, 2.75) is 12.1 Å². The molecule has 0 aliphatic carbocycles. The molecule has 14 nitrogen and oxygen atoms in total. The van der Waals surface area contributed by atoms with Gasteiger partial charge in [0, 0.05) is 12.4 Å². The molecule has 12 aromatic heterocycles. The maximum atomic E-state index is 5.64. The van der Waals surface area contributed by atoms with Gasteiger partial charge in [0.05, 0.1) is 125 Å². The van der Waals surface area contributed by atoms with Crippen molar-refractivity contribution < 1.29 is 0 Å². The van der Waals surface area contributed by atoms with Gasteiger partial charge in [0.1, 0.15) is 23.5 Å². The minimum Gasteiger partial charge on any atom is -0.360 e. The van der Waals surface area contributed by atoms with Crippen molar-refractivity contribution in [2.75, 3.05) is 0 Å². The molecule has 2 aromatic carbocycles. The Kier molecular flexibility index (Phi) is 10.6. The lowest BCUT2D eigenvalue weighted by molar-refractivity contribution is 0.574. The fourth-order valence-corrected chi connectivity index (χ4v) is 10.8. The van der Waals surface area contributed by atoms with Crippen molar-refractivity contribution in [1.82, 2.24) is 59.8 Å². The van der Waals surface area contributed by atoms with Crippen LogP contribution >= 0.6 is 0 Å². The van der Waals surface area contributed by atoms with Gasteiger partial charge in [0.2, 0.25) is 0 Å². The molecule has 13 heterocycles. The fraction of sp³-hybridized carbons (Fsp3) is 0.0312. The number of rotatable bonds is 14. The number of hydrogen-bond donors (Lipinski definition) is 12. The summed E-state index contributed by atoms with van der Waals surface area (Å²) in [5.74, 6) is 0. The Labute approximate surface area is 446 Å². The third kappa shape index (κ3) is 8.17. The van der Waals surface area contributed by atoms with Crippen LogP contribution in [0.3, 0.4) is 0 Å². The summed E-state index contributed by atoms with van der Waals surface area (Å²) < 4.78 is 0. The highest BCUT2D eigenvalue weighted by atomic mass is 15.0. The molecule has 15 rings (SSSR count). The average Bonchev–Trinajstić information content (AvgIpc) is 4.33. The third-order valence-corrected chi connectivity index (χ3v) is 14.8. The summed E-state index contributed by atoms with van der Waals surface area (Å²) in [6.07, 6.45) is 3.86. The summed E-state index contributed by atoms with van der Waals surface area (Å²) >= 11 is 0. The van der Waals surface area contributed by atoms with Crippen molar-refractivity contribution in [3.8, 4) is 114 Å². The molecule has 0 saturated heterocycles. The van der Waals surface area contributed by atoms with E-state index in [0.717, 1.165) is 148 Å². The van der Waals surface area contributed by atoms with Gasteiger partial charge in [-0.15, -0.1) is 0 Å². The standard InChI is InChI=1S/C64H50N14/c1-3-9-37(10-4-1)61-62(38-11-5-2-6-12-38)78-64(60-34-32-58(76-60)56-30-28-54(74-56)52-26-24-50(72-52)48-22-20-46(70-48)44-18-16-42(68-44)40-14-8-36-66-40)63(77-61)59-33-31-57(75-59)55-29-27-53(73-55)51-25-23-49(71-51)47-21-19-45(69-47)43-17-15-41(67-43)39-13-7-35-65-39/h1-36,61-62,65-76H. The van der Waals surface area contributed by atoms with E-state index in [1.54, 1.807) is 0 Å². The largest absolute Gasteiger partial charge is 0.360 e. The molecule has 376 valence electrons. The number of nitrogens with zero attached hydrogens (tertiary/aromatic N) is 2. The van der Waals surface area contributed by atoms with Crippen LogP contribution in [0, 0.1) is 0 Å². The zero-order valence-electron chi connectivity index (χ0n) is 41.8. The summed E-state index contributed by atoms with van der Waals surface area (Å²) in [5, 5.41) is 0. The summed E-state index contributed by atoms with van der Waals surface area (Å²) in [4.78, 5) is 54.1. The molecule has 0 fully saturated rings. The molecule has 1 aliphatic rings. The predicted molar refractivity (Wildman–Crippen MR) is 311 cm³/mol. The van der Waals surface area contributed by atoms with E-state index in [-0.39, 0.29) is 12.1 Å². The van der Waals surface area contributed by atoms with Crippen molar-refractivity contribution in [3.63, 3.8) is 0 Å². The highest BCUT2D eigenvalue weighted by Gasteiger charge is 2.33. The lowest BCUT2D eigenvalue weighted by Gasteiger charge is -2.28. The van der Waals surface area contributed by atoms with Crippen molar-refractivity contribution in [3.05, 3.63) is 241 Å². The minimum atomic E-state index is -0.265. The molecular formula is C64H50N14. The zero-order chi connectivity index (χ0) is 51.5. The number of H-pyrrole nitrogens is 12. The van der Waals surface area contributed by atoms with Gasteiger partial charge in [-0.25, -0.2) is 0 Å². The molecule has 14 aromatic rings. The Morgan fingerprint density at radius 1 is 0.192 bits per heavy atom. The monoisotopic (exact) mass is 1010 g/mol. The average molecular weight is 1020 g/mol. The first-order chi connectivity index (χ1) is 38.6. The second-order valence-corrected chi connectivity index (χ2v) is 19.7. The lowest BCUT2D eigenvalue weighted by Crippen LogP contribution is -2.27. The van der Waals surface area contributed by atoms with Crippen LogP contribution in [0.25, 0.3) is 114 Å². The number of aromatic nitrogens is 12. The molecule has 0 bridgehead atoms. The first kappa shape index (κ1) is 44.6. The topological polar surface area (TPSA) is 214 Å². The van der Waals surface area contributed by atoms with Gasteiger partial charge in [-0.05, 0) is 157 Å². The molecule has 12 N–H and O–H groups in total. The molecule has 2 unspecified atom stereocenters. The smallest absolute Gasteiger partial charge is 0.109 e. The van der Waals surface area contributed by atoms with Crippen LogP contribution < -0.4 is 0 Å². The molecule has 14 heteroatoms. The first-order valence-electron chi connectivity index (χ1n) is 26.0. The van der Waals surface area contributed by atoms with Crippen molar-refractivity contribution in [2.24, 2.45) is 9.98 Å². The minimum absolute atomic E-state index is 0.265. The van der Waals surface area contributed by atoms with E-state index in [1.165, 1.54) is 0 Å². The van der Waals surface area contributed by atoms with Gasteiger partial charge in [0.15, 0.2) is 0 Å². The summed E-state index contributed by atoms with van der Waals surface area (Å²) in [6.45, 7) is 0. The van der Waals surface area contributed by atoms with E-state index in [2.05, 4.69) is 242 Å². The Morgan fingerprint density at radius 3 is 0.615 bits per heavy atom. The highest BCUT2D eigenvalue weighted by molar-refractivity contribution is 6.53. The van der Waals surface area contributed by atoms with E-state index in [4.69, 9.17) is 9.98 Å². The molecule has 0 radical (unpaired) electrons. The SMILES string of the molecule is c1ccc(C2N=C(c3ccc(-c4ccc(-c5ccc(-c6ccc(-c7ccc(-c8ccc[nH]8)[nH]7)[nH]6)[nH]5)[nH]4)[nH]3)C(c3ccc(-c4ccc(-c5ccc(-c6ccc(-c7ccc(-c8ccc[nH]8)[nH]7)[nH]6)[nH]5)[nH]4)[nH]3)=NC2c2ccccc2)cc1. The predicted octanol–water partition coefficient (Wildman–Crippen LogP) is 15.1. The summed E-state index contributed by atoms with van der Waals surface area (Å²) in [7, 11) is 0. The first-order valence-corrected chi connectivity index (χ1v) is 26.0. The molecule has 0 saturated carbocycles. The van der Waals surface area contributed by atoms with Gasteiger partial charge in [-0.1, -0.05) is 60.7 Å². The second kappa shape index (κ2) is 18.5. The second-order valence-electron chi connectivity index (χ2n) is 19.7. The van der Waals surface area contributed by atoms with Crippen molar-refractivity contribution in [1.29, 1.82) is 0 Å². The Bertz CT molecular complexity index is 4120. The molecular weight excluding hydrogens is 965 g/mol. The van der Waals surface area contributed by atoms with Crippen LogP contribution in [0.1, 0.15) is 34.6 Å². The number of aromatic amines is 12. The number of nitrogens with one attached hydrogen (secondary N) is 12. The van der Waals surface area contributed by atoms with Crippen LogP contribution in [0.4, 0.5) is 0 Å². The number of hydrogen-bond acceptors (Lipinski definition) is 2.